The lowest BCUT2D eigenvalue weighted by atomic mass is 9.67. The van der Waals surface area contributed by atoms with Crippen LogP contribution in [0.25, 0.3) is 0 Å². The summed E-state index contributed by atoms with van der Waals surface area (Å²) in [5.74, 6) is 0.617. The first-order chi connectivity index (χ1) is 7.15. The van der Waals surface area contributed by atoms with Gasteiger partial charge in [0.15, 0.2) is 5.79 Å². The highest BCUT2D eigenvalue weighted by atomic mass is 16.7. The molecule has 0 aromatic heterocycles. The molecule has 0 unspecified atom stereocenters. The number of hydrogen-bond acceptors (Lipinski definition) is 3. The van der Waals surface area contributed by atoms with Crippen LogP contribution in [0, 0.1) is 11.3 Å². The molecular formula is C12H18O3. The zero-order chi connectivity index (χ0) is 10.5. The first kappa shape index (κ1) is 9.79. The average Bonchev–Trinajstić information content (AvgIpc) is 2.78. The fourth-order valence-corrected chi connectivity index (χ4v) is 3.49. The van der Waals surface area contributed by atoms with Crippen LogP contribution < -0.4 is 0 Å². The summed E-state index contributed by atoms with van der Waals surface area (Å²) < 4.78 is 11.5. The van der Waals surface area contributed by atoms with E-state index in [9.17, 15) is 4.79 Å². The summed E-state index contributed by atoms with van der Waals surface area (Å²) >= 11 is 0. The van der Waals surface area contributed by atoms with Gasteiger partial charge in [0.2, 0.25) is 0 Å². The second-order valence-corrected chi connectivity index (χ2v) is 5.39. The van der Waals surface area contributed by atoms with E-state index >= 15 is 0 Å². The number of hydrogen-bond donors (Lipinski definition) is 0. The Morgan fingerprint density at radius 2 is 2.00 bits per heavy atom. The van der Waals surface area contributed by atoms with Crippen LogP contribution in [0.4, 0.5) is 0 Å². The molecule has 84 valence electrons. The van der Waals surface area contributed by atoms with Gasteiger partial charge in [0, 0.05) is 24.7 Å². The van der Waals surface area contributed by atoms with Crippen molar-refractivity contribution < 1.29 is 14.3 Å². The van der Waals surface area contributed by atoms with Crippen LogP contribution in [0.2, 0.25) is 0 Å². The molecule has 0 aromatic rings. The lowest BCUT2D eigenvalue weighted by Crippen LogP contribution is -2.44. The fourth-order valence-electron chi connectivity index (χ4n) is 3.49. The van der Waals surface area contributed by atoms with Crippen LogP contribution in [0.15, 0.2) is 0 Å². The Labute approximate surface area is 90.1 Å². The van der Waals surface area contributed by atoms with E-state index in [1.807, 2.05) is 0 Å². The van der Waals surface area contributed by atoms with Crippen LogP contribution in [0.3, 0.4) is 0 Å². The van der Waals surface area contributed by atoms with E-state index in [-0.39, 0.29) is 11.2 Å². The first-order valence-corrected chi connectivity index (χ1v) is 5.96. The van der Waals surface area contributed by atoms with Gasteiger partial charge in [-0.25, -0.2) is 0 Å². The van der Waals surface area contributed by atoms with Crippen molar-refractivity contribution in [2.24, 2.45) is 11.3 Å². The number of ether oxygens (including phenoxy) is 2. The van der Waals surface area contributed by atoms with Gasteiger partial charge in [-0.05, 0) is 18.8 Å². The molecule has 2 atom stereocenters. The molecule has 3 fully saturated rings. The lowest BCUT2D eigenvalue weighted by molar-refractivity contribution is -0.201. The van der Waals surface area contributed by atoms with Crippen molar-refractivity contribution in [3.8, 4) is 0 Å². The molecule has 0 radical (unpaired) electrons. The summed E-state index contributed by atoms with van der Waals surface area (Å²) in [7, 11) is 0. The molecule has 0 N–H and O–H groups in total. The predicted molar refractivity (Wildman–Crippen MR) is 54.3 cm³/mol. The molecule has 0 aromatic carbocycles. The first-order valence-electron chi connectivity index (χ1n) is 5.96. The number of Topliss-reactive ketones (excluding diaryl/α,β-unsaturated/α-hetero) is 1. The van der Waals surface area contributed by atoms with Gasteiger partial charge in [-0.1, -0.05) is 6.92 Å². The van der Waals surface area contributed by atoms with Crippen molar-refractivity contribution in [2.45, 2.75) is 44.8 Å². The zero-order valence-corrected chi connectivity index (χ0v) is 9.25. The molecule has 0 bridgehead atoms. The summed E-state index contributed by atoms with van der Waals surface area (Å²) in [6.45, 7) is 3.57. The molecule has 3 aliphatic rings. The van der Waals surface area contributed by atoms with E-state index in [1.165, 1.54) is 0 Å². The predicted octanol–water partition coefficient (Wildman–Crippen LogP) is 1.90. The monoisotopic (exact) mass is 210 g/mol. The smallest absolute Gasteiger partial charge is 0.168 e. The molecule has 1 spiro atoms. The van der Waals surface area contributed by atoms with Crippen LogP contribution in [-0.2, 0) is 14.3 Å². The minimum absolute atomic E-state index is 0.0689. The molecule has 1 saturated heterocycles. The highest BCUT2D eigenvalue weighted by Gasteiger charge is 2.55. The van der Waals surface area contributed by atoms with Crippen LogP contribution in [0.5, 0.6) is 0 Å². The van der Waals surface area contributed by atoms with Gasteiger partial charge < -0.3 is 9.47 Å². The largest absolute Gasteiger partial charge is 0.348 e. The molecule has 3 heteroatoms. The van der Waals surface area contributed by atoms with E-state index in [0.29, 0.717) is 11.7 Å². The zero-order valence-electron chi connectivity index (χ0n) is 9.25. The third kappa shape index (κ3) is 1.29. The van der Waals surface area contributed by atoms with Crippen LogP contribution >= 0.6 is 0 Å². The summed E-state index contributed by atoms with van der Waals surface area (Å²) in [5, 5.41) is 0. The Morgan fingerprint density at radius 3 is 2.73 bits per heavy atom. The normalized spacial score (nSPS) is 43.5. The molecule has 15 heavy (non-hydrogen) atoms. The van der Waals surface area contributed by atoms with Gasteiger partial charge in [0.25, 0.3) is 0 Å². The van der Waals surface area contributed by atoms with Gasteiger partial charge in [-0.2, -0.15) is 0 Å². The SMILES string of the molecule is C[C@]12CCC3(C[C@H]1CCC2=O)OCCO3. The molecule has 2 saturated carbocycles. The minimum atomic E-state index is -0.325. The minimum Gasteiger partial charge on any atom is -0.348 e. The van der Waals surface area contributed by atoms with E-state index in [1.54, 1.807) is 0 Å². The maximum absolute atomic E-state index is 11.9. The lowest BCUT2D eigenvalue weighted by Gasteiger charge is -2.43. The number of carbonyl (C=O) groups excluding carboxylic acids is 1. The molecular weight excluding hydrogens is 192 g/mol. The van der Waals surface area contributed by atoms with Crippen LogP contribution in [-0.4, -0.2) is 24.8 Å². The molecule has 1 heterocycles. The second kappa shape index (κ2) is 3.05. The van der Waals surface area contributed by atoms with Crippen molar-refractivity contribution in [1.82, 2.24) is 0 Å². The van der Waals surface area contributed by atoms with Crippen molar-refractivity contribution >= 4 is 5.78 Å². The van der Waals surface area contributed by atoms with E-state index in [4.69, 9.17) is 9.47 Å². The fraction of sp³-hybridized carbons (Fsp3) is 0.917. The Kier molecular flexibility index (Phi) is 1.99. The number of rotatable bonds is 0. The Morgan fingerprint density at radius 1 is 1.27 bits per heavy atom. The molecule has 3 rings (SSSR count). The van der Waals surface area contributed by atoms with Crippen molar-refractivity contribution in [2.75, 3.05) is 13.2 Å². The van der Waals surface area contributed by atoms with Crippen molar-refractivity contribution in [3.63, 3.8) is 0 Å². The highest BCUT2D eigenvalue weighted by molar-refractivity contribution is 5.87. The average molecular weight is 210 g/mol. The second-order valence-electron chi connectivity index (χ2n) is 5.39. The van der Waals surface area contributed by atoms with Crippen LogP contribution in [0.1, 0.15) is 39.0 Å². The molecule has 2 aliphatic carbocycles. The Hall–Kier alpha value is -0.410. The van der Waals surface area contributed by atoms with Gasteiger partial charge >= 0.3 is 0 Å². The summed E-state index contributed by atoms with van der Waals surface area (Å²) in [4.78, 5) is 11.9. The summed E-state index contributed by atoms with van der Waals surface area (Å²) in [6, 6.07) is 0. The third-order valence-electron chi connectivity index (χ3n) is 4.65. The quantitative estimate of drug-likeness (QED) is 0.612. The summed E-state index contributed by atoms with van der Waals surface area (Å²) in [6.07, 6.45) is 4.55. The standard InChI is InChI=1S/C12H18O3/c1-11-4-5-12(14-6-7-15-12)8-9(11)2-3-10(11)13/h9H,2-8H2,1H3/t9-,11+/m1/s1. The summed E-state index contributed by atoms with van der Waals surface area (Å²) in [5.41, 5.74) is -0.0689. The van der Waals surface area contributed by atoms with Crippen molar-refractivity contribution in [1.29, 1.82) is 0 Å². The Balaban J connectivity index is 1.82. The van der Waals surface area contributed by atoms with E-state index < -0.39 is 0 Å². The van der Waals surface area contributed by atoms with E-state index in [2.05, 4.69) is 6.92 Å². The van der Waals surface area contributed by atoms with Gasteiger partial charge in [0.05, 0.1) is 13.2 Å². The van der Waals surface area contributed by atoms with Gasteiger partial charge in [-0.3, -0.25) is 4.79 Å². The maximum atomic E-state index is 11.9. The molecule has 3 nitrogen and oxygen atoms in total. The Bertz CT molecular complexity index is 293. The number of carbonyl (C=O) groups is 1. The van der Waals surface area contributed by atoms with E-state index in [0.717, 1.165) is 45.3 Å². The maximum Gasteiger partial charge on any atom is 0.168 e. The van der Waals surface area contributed by atoms with Gasteiger partial charge in [-0.15, -0.1) is 0 Å². The molecule has 0 amide bonds. The number of fused-ring (bicyclic) bond motifs is 1. The third-order valence-corrected chi connectivity index (χ3v) is 4.65. The number of ketones is 1. The highest BCUT2D eigenvalue weighted by Crippen LogP contribution is 2.54. The van der Waals surface area contributed by atoms with Gasteiger partial charge in [0.1, 0.15) is 5.78 Å². The topological polar surface area (TPSA) is 35.5 Å². The van der Waals surface area contributed by atoms with Crippen molar-refractivity contribution in [3.05, 3.63) is 0 Å². The molecule has 1 aliphatic heterocycles.